The average molecular weight is 214 g/mol. The normalized spacial score (nSPS) is 14.7. The summed E-state index contributed by atoms with van der Waals surface area (Å²) in [4.78, 5) is 23.1. The minimum atomic E-state index is -0.882. The molecule has 0 heterocycles. The van der Waals surface area contributed by atoms with Gasteiger partial charge in [-0.05, 0) is 12.3 Å². The van der Waals surface area contributed by atoms with Crippen molar-refractivity contribution in [1.82, 2.24) is 10.2 Å². The minimum Gasteiger partial charge on any atom is -0.481 e. The van der Waals surface area contributed by atoms with E-state index in [9.17, 15) is 9.59 Å². The zero-order chi connectivity index (χ0) is 11.3. The number of amides is 2. The van der Waals surface area contributed by atoms with Crippen LogP contribution in [0.1, 0.15) is 25.7 Å². The van der Waals surface area contributed by atoms with Crippen molar-refractivity contribution in [3.8, 4) is 0 Å². The second kappa shape index (κ2) is 5.58. The summed E-state index contributed by atoms with van der Waals surface area (Å²) in [6.45, 7) is 0.950. The fourth-order valence-electron chi connectivity index (χ4n) is 1.29. The van der Waals surface area contributed by atoms with Gasteiger partial charge in [0.1, 0.15) is 0 Å². The van der Waals surface area contributed by atoms with E-state index in [4.69, 9.17) is 5.11 Å². The molecule has 1 rings (SSSR count). The van der Waals surface area contributed by atoms with Gasteiger partial charge in [0.15, 0.2) is 0 Å². The first-order valence-electron chi connectivity index (χ1n) is 5.30. The molecule has 0 unspecified atom stereocenters. The van der Waals surface area contributed by atoms with Crippen LogP contribution in [0.25, 0.3) is 0 Å². The number of nitrogens with one attached hydrogen (secondary N) is 1. The van der Waals surface area contributed by atoms with Crippen molar-refractivity contribution in [2.45, 2.75) is 25.7 Å². The van der Waals surface area contributed by atoms with E-state index in [2.05, 4.69) is 5.32 Å². The third kappa shape index (κ3) is 5.24. The molecule has 0 spiro atoms. The molecule has 86 valence electrons. The zero-order valence-corrected chi connectivity index (χ0v) is 9.03. The van der Waals surface area contributed by atoms with Gasteiger partial charge in [0.2, 0.25) is 0 Å². The Labute approximate surface area is 89.4 Å². The summed E-state index contributed by atoms with van der Waals surface area (Å²) in [6.07, 6.45) is 3.60. The minimum absolute atomic E-state index is 0.00740. The van der Waals surface area contributed by atoms with Gasteiger partial charge in [-0.3, -0.25) is 4.79 Å². The molecule has 2 amide bonds. The SMILES string of the molecule is CN(CCC(=O)O)C(=O)NCCC1CC1. The molecule has 2 N–H and O–H groups in total. The van der Waals surface area contributed by atoms with Crippen LogP contribution in [0.3, 0.4) is 0 Å². The van der Waals surface area contributed by atoms with Crippen molar-refractivity contribution in [2.24, 2.45) is 5.92 Å². The molecule has 0 aromatic heterocycles. The van der Waals surface area contributed by atoms with Crippen molar-refractivity contribution >= 4 is 12.0 Å². The summed E-state index contributed by atoms with van der Waals surface area (Å²) in [7, 11) is 1.61. The van der Waals surface area contributed by atoms with Gasteiger partial charge in [-0.2, -0.15) is 0 Å². The van der Waals surface area contributed by atoms with Gasteiger partial charge in [0.25, 0.3) is 0 Å². The third-order valence-corrected chi connectivity index (χ3v) is 2.53. The maximum Gasteiger partial charge on any atom is 0.317 e. The molecule has 1 aliphatic rings. The summed E-state index contributed by atoms with van der Waals surface area (Å²) < 4.78 is 0. The van der Waals surface area contributed by atoms with Crippen LogP contribution in [0, 0.1) is 5.92 Å². The fraction of sp³-hybridized carbons (Fsp3) is 0.800. The maximum absolute atomic E-state index is 11.4. The first-order valence-corrected chi connectivity index (χ1v) is 5.30. The Balaban J connectivity index is 2.05. The standard InChI is InChI=1S/C10H18N2O3/c1-12(7-5-9(13)14)10(15)11-6-4-8-2-3-8/h8H,2-7H2,1H3,(H,11,15)(H,13,14). The predicted molar refractivity (Wildman–Crippen MR) is 55.6 cm³/mol. The molecule has 1 fully saturated rings. The molecule has 0 atom stereocenters. The largest absolute Gasteiger partial charge is 0.481 e. The average Bonchev–Trinajstić information content (AvgIpc) is 2.97. The Morgan fingerprint density at radius 2 is 2.13 bits per heavy atom. The molecule has 5 nitrogen and oxygen atoms in total. The molecule has 5 heteroatoms. The Bertz CT molecular complexity index is 239. The van der Waals surface area contributed by atoms with Crippen molar-refractivity contribution in [1.29, 1.82) is 0 Å². The van der Waals surface area contributed by atoms with Crippen LogP contribution in [0.4, 0.5) is 4.79 Å². The van der Waals surface area contributed by atoms with Crippen molar-refractivity contribution in [2.75, 3.05) is 20.1 Å². The highest BCUT2D eigenvalue weighted by molar-refractivity contribution is 5.74. The van der Waals surface area contributed by atoms with Crippen LogP contribution in [0.5, 0.6) is 0 Å². The lowest BCUT2D eigenvalue weighted by Crippen LogP contribution is -2.38. The lowest BCUT2D eigenvalue weighted by molar-refractivity contribution is -0.137. The lowest BCUT2D eigenvalue weighted by Gasteiger charge is -2.16. The molecular weight excluding hydrogens is 196 g/mol. The Morgan fingerprint density at radius 1 is 1.47 bits per heavy atom. The van der Waals surface area contributed by atoms with Crippen molar-refractivity contribution in [3.05, 3.63) is 0 Å². The summed E-state index contributed by atoms with van der Waals surface area (Å²) in [5, 5.41) is 11.2. The molecule has 0 aliphatic heterocycles. The van der Waals surface area contributed by atoms with Gasteiger partial charge < -0.3 is 15.3 Å². The first kappa shape index (κ1) is 11.8. The van der Waals surface area contributed by atoms with Gasteiger partial charge in [0, 0.05) is 20.1 Å². The second-order valence-electron chi connectivity index (χ2n) is 4.03. The number of hydrogen-bond donors (Lipinski definition) is 2. The number of rotatable bonds is 6. The number of carbonyl (C=O) groups excluding carboxylic acids is 1. The molecule has 0 radical (unpaired) electrons. The smallest absolute Gasteiger partial charge is 0.317 e. The third-order valence-electron chi connectivity index (χ3n) is 2.53. The van der Waals surface area contributed by atoms with Gasteiger partial charge >= 0.3 is 12.0 Å². The highest BCUT2D eigenvalue weighted by Crippen LogP contribution is 2.31. The van der Waals surface area contributed by atoms with Crippen LogP contribution in [-0.2, 0) is 4.79 Å². The topological polar surface area (TPSA) is 69.6 Å². The Morgan fingerprint density at radius 3 is 2.67 bits per heavy atom. The van der Waals surface area contributed by atoms with Gasteiger partial charge in [-0.15, -0.1) is 0 Å². The Kier molecular flexibility index (Phi) is 4.39. The second-order valence-corrected chi connectivity index (χ2v) is 4.03. The first-order chi connectivity index (χ1) is 7.09. The Hall–Kier alpha value is -1.26. The molecule has 0 saturated heterocycles. The van der Waals surface area contributed by atoms with Gasteiger partial charge in [0.05, 0.1) is 6.42 Å². The number of nitrogens with zero attached hydrogens (tertiary/aromatic N) is 1. The van der Waals surface area contributed by atoms with E-state index in [-0.39, 0.29) is 19.0 Å². The molecule has 0 bridgehead atoms. The summed E-state index contributed by atoms with van der Waals surface area (Å²) >= 11 is 0. The van der Waals surface area contributed by atoms with E-state index in [0.717, 1.165) is 12.3 Å². The van der Waals surface area contributed by atoms with Crippen LogP contribution in [-0.4, -0.2) is 42.1 Å². The van der Waals surface area contributed by atoms with E-state index < -0.39 is 5.97 Å². The number of urea groups is 1. The molecule has 1 aliphatic carbocycles. The summed E-state index contributed by atoms with van der Waals surface area (Å²) in [5.74, 6) is -0.0812. The summed E-state index contributed by atoms with van der Waals surface area (Å²) in [5.41, 5.74) is 0. The van der Waals surface area contributed by atoms with E-state index in [0.29, 0.717) is 6.54 Å². The molecule has 0 aromatic carbocycles. The van der Waals surface area contributed by atoms with Crippen LogP contribution in [0.2, 0.25) is 0 Å². The molecular formula is C10H18N2O3. The van der Waals surface area contributed by atoms with Crippen LogP contribution < -0.4 is 5.32 Å². The highest BCUT2D eigenvalue weighted by Gasteiger charge is 2.20. The number of hydrogen-bond acceptors (Lipinski definition) is 2. The number of carbonyl (C=O) groups is 2. The number of carboxylic acids is 1. The van der Waals surface area contributed by atoms with Gasteiger partial charge in [-0.1, -0.05) is 12.8 Å². The molecule has 15 heavy (non-hydrogen) atoms. The lowest BCUT2D eigenvalue weighted by atomic mass is 10.3. The van der Waals surface area contributed by atoms with Crippen molar-refractivity contribution < 1.29 is 14.7 Å². The maximum atomic E-state index is 11.4. The fourth-order valence-corrected chi connectivity index (χ4v) is 1.29. The summed E-state index contributed by atoms with van der Waals surface area (Å²) in [6, 6.07) is -0.183. The zero-order valence-electron chi connectivity index (χ0n) is 9.03. The number of aliphatic carboxylic acids is 1. The van der Waals surface area contributed by atoms with Crippen molar-refractivity contribution in [3.63, 3.8) is 0 Å². The molecule has 1 saturated carbocycles. The number of carboxylic acid groups (broad SMARTS) is 1. The predicted octanol–water partition coefficient (Wildman–Crippen LogP) is 0.903. The molecule has 0 aromatic rings. The quantitative estimate of drug-likeness (QED) is 0.690. The van der Waals surface area contributed by atoms with Gasteiger partial charge in [-0.25, -0.2) is 4.79 Å². The van der Waals surface area contributed by atoms with E-state index >= 15 is 0 Å². The van der Waals surface area contributed by atoms with E-state index in [1.54, 1.807) is 7.05 Å². The van der Waals surface area contributed by atoms with Crippen LogP contribution >= 0.6 is 0 Å². The monoisotopic (exact) mass is 214 g/mol. The van der Waals surface area contributed by atoms with E-state index in [1.165, 1.54) is 17.7 Å². The van der Waals surface area contributed by atoms with Crippen LogP contribution in [0.15, 0.2) is 0 Å². The van der Waals surface area contributed by atoms with E-state index in [1.807, 2.05) is 0 Å². The highest BCUT2D eigenvalue weighted by atomic mass is 16.4.